The molecule has 0 spiro atoms. The van der Waals surface area contributed by atoms with E-state index in [1.807, 2.05) is 30.3 Å². The molecule has 0 radical (unpaired) electrons. The molecule has 0 bridgehead atoms. The number of hydrogen-bond acceptors (Lipinski definition) is 7. The number of H-pyrrole nitrogens is 1. The Morgan fingerprint density at radius 3 is 2.66 bits per heavy atom. The Hall–Kier alpha value is -4.01. The maximum Gasteiger partial charge on any atom is 0.303 e. The molecule has 29 heavy (non-hydrogen) atoms. The highest BCUT2D eigenvalue weighted by molar-refractivity contribution is 5.86. The van der Waals surface area contributed by atoms with Crippen molar-refractivity contribution in [3.05, 3.63) is 76.7 Å². The summed E-state index contributed by atoms with van der Waals surface area (Å²) in [4.78, 5) is 25.6. The van der Waals surface area contributed by atoms with E-state index in [1.54, 1.807) is 12.1 Å². The fourth-order valence-corrected chi connectivity index (χ4v) is 2.64. The van der Waals surface area contributed by atoms with E-state index in [-0.39, 0.29) is 11.9 Å². The van der Waals surface area contributed by atoms with Crippen LogP contribution in [0.25, 0.3) is 10.9 Å². The third-order valence-corrected chi connectivity index (χ3v) is 4.05. The van der Waals surface area contributed by atoms with Gasteiger partial charge in [-0.05, 0) is 11.6 Å². The molecular weight excluding hydrogens is 379 g/mol. The van der Waals surface area contributed by atoms with Crippen LogP contribution in [0.3, 0.4) is 0 Å². The van der Waals surface area contributed by atoms with Crippen molar-refractivity contribution in [2.45, 2.75) is 6.61 Å². The lowest BCUT2D eigenvalue weighted by atomic mass is 10.2. The van der Waals surface area contributed by atoms with Crippen molar-refractivity contribution in [1.29, 1.82) is 0 Å². The maximum atomic E-state index is 13.1. The summed E-state index contributed by atoms with van der Waals surface area (Å²) in [6.45, 7) is 0.359. The van der Waals surface area contributed by atoms with E-state index < -0.39 is 11.4 Å². The molecule has 4 rings (SSSR count). The predicted octanol–water partition coefficient (Wildman–Crippen LogP) is 3.23. The van der Waals surface area contributed by atoms with Crippen LogP contribution in [0.15, 0.2) is 59.8 Å². The van der Waals surface area contributed by atoms with Crippen LogP contribution in [0.2, 0.25) is 0 Å². The van der Waals surface area contributed by atoms with Crippen molar-refractivity contribution >= 4 is 10.9 Å². The predicted molar refractivity (Wildman–Crippen MR) is 102 cm³/mol. The highest BCUT2D eigenvalue weighted by atomic mass is 19.1. The van der Waals surface area contributed by atoms with E-state index in [2.05, 4.69) is 19.9 Å². The molecule has 8 nitrogen and oxygen atoms in total. The molecule has 0 saturated heterocycles. The van der Waals surface area contributed by atoms with E-state index in [0.717, 1.165) is 11.8 Å². The average Bonchev–Trinajstić information content (AvgIpc) is 2.75. The number of methoxy groups -OCH3 is 1. The minimum absolute atomic E-state index is 0.123. The van der Waals surface area contributed by atoms with E-state index in [1.165, 1.54) is 13.4 Å². The number of hydrogen-bond donors (Lipinski definition) is 1. The van der Waals surface area contributed by atoms with Gasteiger partial charge < -0.3 is 14.2 Å². The molecule has 0 aliphatic heterocycles. The Kier molecular flexibility index (Phi) is 5.02. The zero-order chi connectivity index (χ0) is 20.2. The van der Waals surface area contributed by atoms with Crippen molar-refractivity contribution in [2.75, 3.05) is 7.11 Å². The first-order valence-electron chi connectivity index (χ1n) is 8.56. The summed E-state index contributed by atoms with van der Waals surface area (Å²) in [5, 5.41) is 0.503. The van der Waals surface area contributed by atoms with Crippen LogP contribution in [-0.4, -0.2) is 27.0 Å². The van der Waals surface area contributed by atoms with Gasteiger partial charge in [-0.25, -0.2) is 15.0 Å². The molecule has 0 aliphatic rings. The molecular formula is C20H15FN4O4. The largest absolute Gasteiger partial charge is 0.493 e. The second-order valence-electron chi connectivity index (χ2n) is 5.94. The van der Waals surface area contributed by atoms with Crippen molar-refractivity contribution in [3.63, 3.8) is 0 Å². The summed E-state index contributed by atoms with van der Waals surface area (Å²) in [5.74, 6) is 0.0693. The molecule has 9 heteroatoms. The summed E-state index contributed by atoms with van der Waals surface area (Å²) in [6, 6.07) is 12.9. The number of halogens is 1. The summed E-state index contributed by atoms with van der Waals surface area (Å²) >= 11 is 0. The standard InChI is InChI=1S/C20H15FN4O4/c1-27-16-7-13-15(8-17(16)28-10-12-5-3-2-4-6-12)23-11-24-19(13)29-20-22-9-14(21)18(26)25-20/h2-9,11H,10H2,1H3,(H,22,25,26). The second-order valence-corrected chi connectivity index (χ2v) is 5.94. The minimum atomic E-state index is -1.01. The molecule has 0 amide bonds. The molecule has 2 aromatic carbocycles. The lowest BCUT2D eigenvalue weighted by molar-refractivity contribution is 0.285. The molecule has 0 atom stereocenters. The lowest BCUT2D eigenvalue weighted by Crippen LogP contribution is -2.12. The van der Waals surface area contributed by atoms with E-state index in [0.29, 0.717) is 29.0 Å². The lowest BCUT2D eigenvalue weighted by Gasteiger charge is -2.13. The van der Waals surface area contributed by atoms with Crippen molar-refractivity contribution < 1.29 is 18.6 Å². The number of ether oxygens (including phenoxy) is 3. The number of nitrogens with one attached hydrogen (secondary N) is 1. The van der Waals surface area contributed by atoms with Gasteiger partial charge in [-0.15, -0.1) is 0 Å². The van der Waals surface area contributed by atoms with Gasteiger partial charge in [0.15, 0.2) is 11.5 Å². The zero-order valence-electron chi connectivity index (χ0n) is 15.3. The van der Waals surface area contributed by atoms with Crippen LogP contribution in [0.1, 0.15) is 5.56 Å². The van der Waals surface area contributed by atoms with Gasteiger partial charge in [0.1, 0.15) is 12.9 Å². The highest BCUT2D eigenvalue weighted by Crippen LogP contribution is 2.35. The molecule has 146 valence electrons. The number of rotatable bonds is 6. The third-order valence-electron chi connectivity index (χ3n) is 4.05. The van der Waals surface area contributed by atoms with Crippen LogP contribution >= 0.6 is 0 Å². The number of fused-ring (bicyclic) bond motifs is 1. The van der Waals surface area contributed by atoms with Gasteiger partial charge >= 0.3 is 6.01 Å². The molecule has 1 N–H and O–H groups in total. The molecule has 0 unspecified atom stereocenters. The molecule has 0 fully saturated rings. The minimum Gasteiger partial charge on any atom is -0.493 e. The van der Waals surface area contributed by atoms with E-state index >= 15 is 0 Å². The third kappa shape index (κ3) is 3.98. The summed E-state index contributed by atoms with van der Waals surface area (Å²) in [5.41, 5.74) is 0.596. The first kappa shape index (κ1) is 18.4. The summed E-state index contributed by atoms with van der Waals surface area (Å²) < 4.78 is 29.9. The van der Waals surface area contributed by atoms with Gasteiger partial charge in [0.2, 0.25) is 11.7 Å². The topological polar surface area (TPSA) is 99.2 Å². The number of benzene rings is 2. The number of aromatic nitrogens is 4. The van der Waals surface area contributed by atoms with Gasteiger partial charge in [0, 0.05) is 6.07 Å². The van der Waals surface area contributed by atoms with Crippen molar-refractivity contribution in [1.82, 2.24) is 19.9 Å². The first-order chi connectivity index (χ1) is 14.1. The fraction of sp³-hybridized carbons (Fsp3) is 0.100. The molecule has 0 saturated carbocycles. The Morgan fingerprint density at radius 2 is 1.90 bits per heavy atom. The van der Waals surface area contributed by atoms with Crippen LogP contribution in [-0.2, 0) is 6.61 Å². The van der Waals surface area contributed by atoms with Crippen LogP contribution < -0.4 is 19.8 Å². The quantitative estimate of drug-likeness (QED) is 0.536. The first-order valence-corrected chi connectivity index (χ1v) is 8.56. The SMILES string of the molecule is COc1cc2c(Oc3ncc(F)c(=O)[nH]3)ncnc2cc1OCc1ccccc1. The monoisotopic (exact) mass is 394 g/mol. The van der Waals surface area contributed by atoms with Crippen LogP contribution in [0.5, 0.6) is 23.4 Å². The van der Waals surface area contributed by atoms with Crippen LogP contribution in [0.4, 0.5) is 4.39 Å². The Bertz CT molecular complexity index is 1210. The number of aromatic amines is 1. The normalized spacial score (nSPS) is 10.7. The fourth-order valence-electron chi connectivity index (χ4n) is 2.64. The summed E-state index contributed by atoms with van der Waals surface area (Å²) in [7, 11) is 1.51. The summed E-state index contributed by atoms with van der Waals surface area (Å²) in [6.07, 6.45) is 2.07. The van der Waals surface area contributed by atoms with E-state index in [9.17, 15) is 9.18 Å². The van der Waals surface area contributed by atoms with Crippen molar-refractivity contribution in [2.24, 2.45) is 0 Å². The Balaban J connectivity index is 1.67. The molecule has 4 aromatic rings. The smallest absolute Gasteiger partial charge is 0.303 e. The zero-order valence-corrected chi connectivity index (χ0v) is 15.3. The van der Waals surface area contributed by atoms with Crippen molar-refractivity contribution in [3.8, 4) is 23.4 Å². The average molecular weight is 394 g/mol. The van der Waals surface area contributed by atoms with Gasteiger partial charge in [-0.2, -0.15) is 4.39 Å². The van der Waals surface area contributed by atoms with Gasteiger partial charge in [-0.3, -0.25) is 9.78 Å². The van der Waals surface area contributed by atoms with Gasteiger partial charge in [-0.1, -0.05) is 30.3 Å². The van der Waals surface area contributed by atoms with Gasteiger partial charge in [0.25, 0.3) is 5.56 Å². The highest BCUT2D eigenvalue weighted by Gasteiger charge is 2.14. The van der Waals surface area contributed by atoms with Gasteiger partial charge in [0.05, 0.1) is 24.2 Å². The number of nitrogens with zero attached hydrogens (tertiary/aromatic N) is 3. The molecule has 2 aromatic heterocycles. The Labute approximate surface area is 164 Å². The van der Waals surface area contributed by atoms with E-state index in [4.69, 9.17) is 14.2 Å². The van der Waals surface area contributed by atoms with Crippen LogP contribution in [0, 0.1) is 5.82 Å². The molecule has 2 heterocycles. The maximum absolute atomic E-state index is 13.1. The molecule has 0 aliphatic carbocycles. The second kappa shape index (κ2) is 7.93. The Morgan fingerprint density at radius 1 is 1.07 bits per heavy atom.